The number of nitrogens with one attached hydrogen (secondary N) is 1. The summed E-state index contributed by atoms with van der Waals surface area (Å²) in [6, 6.07) is 8.46. The molecule has 162 valence electrons. The van der Waals surface area contributed by atoms with Crippen molar-refractivity contribution in [2.75, 3.05) is 47.4 Å². The normalized spacial score (nSPS) is 15.7. The number of benzene rings is 1. The zero-order chi connectivity index (χ0) is 21.5. The highest BCUT2D eigenvalue weighted by atomic mass is 16.5. The fraction of sp³-hybridized carbons (Fsp3) is 0.375. The molecule has 1 aliphatic heterocycles. The fourth-order valence-corrected chi connectivity index (χ4v) is 4.53. The van der Waals surface area contributed by atoms with Crippen LogP contribution < -0.4 is 9.47 Å². The largest absolute Gasteiger partial charge is 0.493 e. The first-order valence-corrected chi connectivity index (χ1v) is 10.7. The van der Waals surface area contributed by atoms with E-state index in [4.69, 9.17) is 9.47 Å². The molecule has 0 aliphatic carbocycles. The summed E-state index contributed by atoms with van der Waals surface area (Å²) in [5.41, 5.74) is 5.53. The third-order valence-corrected chi connectivity index (χ3v) is 6.40. The summed E-state index contributed by atoms with van der Waals surface area (Å²) in [5, 5.41) is 2.31. The first-order valence-electron chi connectivity index (χ1n) is 10.7. The Balaban J connectivity index is 1.56. The maximum atomic E-state index is 5.55. The number of hydrogen-bond donors (Lipinski definition) is 1. The lowest BCUT2D eigenvalue weighted by Gasteiger charge is -2.32. The Hall–Kier alpha value is -3.03. The van der Waals surface area contributed by atoms with Gasteiger partial charge in [-0.15, -0.1) is 0 Å². The predicted molar refractivity (Wildman–Crippen MR) is 124 cm³/mol. The molecular weight excluding hydrogens is 390 g/mol. The van der Waals surface area contributed by atoms with E-state index in [1.54, 1.807) is 14.2 Å². The van der Waals surface area contributed by atoms with Gasteiger partial charge in [-0.3, -0.25) is 4.90 Å². The van der Waals surface area contributed by atoms with E-state index in [2.05, 4.69) is 56.8 Å². The fourth-order valence-electron chi connectivity index (χ4n) is 4.53. The van der Waals surface area contributed by atoms with Crippen LogP contribution in [0.5, 0.6) is 11.5 Å². The van der Waals surface area contributed by atoms with Gasteiger partial charge in [0.2, 0.25) is 0 Å². The number of aryl methyl sites for hydroxylation is 1. The van der Waals surface area contributed by atoms with Crippen molar-refractivity contribution in [1.82, 2.24) is 24.3 Å². The number of ether oxygens (including phenoxy) is 2. The number of aromatic amines is 1. The second-order valence-electron chi connectivity index (χ2n) is 8.37. The quantitative estimate of drug-likeness (QED) is 0.537. The van der Waals surface area contributed by atoms with Gasteiger partial charge >= 0.3 is 0 Å². The van der Waals surface area contributed by atoms with Gasteiger partial charge in [0.25, 0.3) is 0 Å². The van der Waals surface area contributed by atoms with E-state index >= 15 is 0 Å². The minimum absolute atomic E-state index is 0.729. The molecule has 1 aromatic carbocycles. The third-order valence-electron chi connectivity index (χ3n) is 6.40. The molecule has 1 aliphatic rings. The average Bonchev–Trinajstić information content (AvgIpc) is 3.36. The molecule has 0 spiro atoms. The number of piperazine rings is 1. The molecule has 0 radical (unpaired) electrons. The Bertz CT molecular complexity index is 1230. The summed E-state index contributed by atoms with van der Waals surface area (Å²) in [6.45, 7) is 5.39. The van der Waals surface area contributed by atoms with Crippen molar-refractivity contribution in [2.45, 2.75) is 6.54 Å². The standard InChI is InChI=1S/C24H29N5O2/c1-27-7-9-29(10-8-27)14-16-5-6-25-24-17(16)11-20(26-24)19-15-28(2)21-13-23(31-4)22(30-3)12-18(19)21/h5-6,11-13,15H,7-10,14H2,1-4H3,(H,25,26). The number of methoxy groups -OCH3 is 2. The van der Waals surface area contributed by atoms with Crippen molar-refractivity contribution in [3.8, 4) is 22.8 Å². The first-order chi connectivity index (χ1) is 15.1. The van der Waals surface area contributed by atoms with Gasteiger partial charge in [-0.1, -0.05) is 0 Å². The highest BCUT2D eigenvalue weighted by Crippen LogP contribution is 2.38. The second-order valence-corrected chi connectivity index (χ2v) is 8.37. The average molecular weight is 420 g/mol. The van der Waals surface area contributed by atoms with Crippen molar-refractivity contribution in [2.24, 2.45) is 7.05 Å². The van der Waals surface area contributed by atoms with Gasteiger partial charge in [-0.25, -0.2) is 4.98 Å². The molecule has 0 saturated carbocycles. The molecule has 4 aromatic rings. The zero-order valence-corrected chi connectivity index (χ0v) is 18.6. The molecule has 7 nitrogen and oxygen atoms in total. The Morgan fingerprint density at radius 3 is 2.45 bits per heavy atom. The van der Waals surface area contributed by atoms with Crippen LogP contribution >= 0.6 is 0 Å². The maximum absolute atomic E-state index is 5.55. The monoisotopic (exact) mass is 419 g/mol. The van der Waals surface area contributed by atoms with Gasteiger partial charge in [0, 0.05) is 80.3 Å². The summed E-state index contributed by atoms with van der Waals surface area (Å²) in [6.07, 6.45) is 4.05. The van der Waals surface area contributed by atoms with Crippen molar-refractivity contribution in [1.29, 1.82) is 0 Å². The number of nitrogens with zero attached hydrogens (tertiary/aromatic N) is 4. The molecule has 7 heteroatoms. The predicted octanol–water partition coefficient (Wildman–Crippen LogP) is 3.49. The molecule has 3 aromatic heterocycles. The summed E-state index contributed by atoms with van der Waals surface area (Å²) in [4.78, 5) is 13.1. The summed E-state index contributed by atoms with van der Waals surface area (Å²) in [7, 11) is 7.58. The van der Waals surface area contributed by atoms with E-state index in [0.29, 0.717) is 0 Å². The minimum Gasteiger partial charge on any atom is -0.493 e. The van der Waals surface area contributed by atoms with Crippen LogP contribution in [0, 0.1) is 0 Å². The van der Waals surface area contributed by atoms with Crippen molar-refractivity contribution >= 4 is 21.9 Å². The number of H-pyrrole nitrogens is 1. The van der Waals surface area contributed by atoms with Crippen LogP contribution in [0.4, 0.5) is 0 Å². The second kappa shape index (κ2) is 7.90. The van der Waals surface area contributed by atoms with Crippen LogP contribution in [-0.2, 0) is 13.6 Å². The molecule has 1 fully saturated rings. The molecule has 5 rings (SSSR count). The van der Waals surface area contributed by atoms with Gasteiger partial charge in [-0.05, 0) is 30.8 Å². The summed E-state index contributed by atoms with van der Waals surface area (Å²) in [5.74, 6) is 1.46. The number of aromatic nitrogens is 3. The van der Waals surface area contributed by atoms with Gasteiger partial charge < -0.3 is 23.9 Å². The van der Waals surface area contributed by atoms with Gasteiger partial charge in [-0.2, -0.15) is 0 Å². The summed E-state index contributed by atoms with van der Waals surface area (Å²) >= 11 is 0. The number of pyridine rings is 1. The molecule has 1 saturated heterocycles. The van der Waals surface area contributed by atoms with Crippen molar-refractivity contribution in [3.63, 3.8) is 0 Å². The summed E-state index contributed by atoms with van der Waals surface area (Å²) < 4.78 is 13.2. The van der Waals surface area contributed by atoms with Crippen LogP contribution in [-0.4, -0.2) is 71.8 Å². The first kappa shape index (κ1) is 19.9. The highest BCUT2D eigenvalue weighted by Gasteiger charge is 2.18. The SMILES string of the molecule is COc1cc2c(-c3cc4c(CN5CCN(C)CC5)ccnc4[nH]3)cn(C)c2cc1OC. The van der Waals surface area contributed by atoms with Crippen LogP contribution in [0.15, 0.2) is 36.7 Å². The minimum atomic E-state index is 0.729. The van der Waals surface area contributed by atoms with E-state index in [-0.39, 0.29) is 0 Å². The Morgan fingerprint density at radius 1 is 0.968 bits per heavy atom. The molecule has 1 N–H and O–H groups in total. The molecular formula is C24H29N5O2. The molecule has 0 unspecified atom stereocenters. The Morgan fingerprint density at radius 2 is 1.71 bits per heavy atom. The Labute approximate surface area is 182 Å². The van der Waals surface area contributed by atoms with Crippen LogP contribution in [0.25, 0.3) is 33.2 Å². The lowest BCUT2D eigenvalue weighted by Crippen LogP contribution is -2.43. The topological polar surface area (TPSA) is 58.5 Å². The van der Waals surface area contributed by atoms with E-state index in [1.807, 2.05) is 18.3 Å². The molecule has 0 amide bonds. The zero-order valence-electron chi connectivity index (χ0n) is 18.6. The third kappa shape index (κ3) is 3.54. The number of rotatable bonds is 5. The van der Waals surface area contributed by atoms with Gasteiger partial charge in [0.05, 0.1) is 19.7 Å². The van der Waals surface area contributed by atoms with Crippen LogP contribution in [0.1, 0.15) is 5.56 Å². The number of hydrogen-bond acceptors (Lipinski definition) is 5. The van der Waals surface area contributed by atoms with E-state index in [1.165, 1.54) is 10.9 Å². The molecule has 4 heterocycles. The molecule has 31 heavy (non-hydrogen) atoms. The lowest BCUT2D eigenvalue weighted by atomic mass is 10.1. The van der Waals surface area contributed by atoms with Gasteiger partial charge in [0.15, 0.2) is 11.5 Å². The van der Waals surface area contributed by atoms with Gasteiger partial charge in [0.1, 0.15) is 5.65 Å². The highest BCUT2D eigenvalue weighted by molar-refractivity contribution is 5.99. The van der Waals surface area contributed by atoms with Crippen LogP contribution in [0.2, 0.25) is 0 Å². The maximum Gasteiger partial charge on any atom is 0.162 e. The molecule has 0 atom stereocenters. The van der Waals surface area contributed by atoms with Crippen molar-refractivity contribution in [3.05, 3.63) is 42.2 Å². The number of likely N-dealkylation sites (N-methyl/N-ethyl adjacent to an activating group) is 1. The lowest BCUT2D eigenvalue weighted by molar-refractivity contribution is 0.148. The van der Waals surface area contributed by atoms with E-state index in [0.717, 1.165) is 72.0 Å². The van der Waals surface area contributed by atoms with Crippen LogP contribution in [0.3, 0.4) is 0 Å². The Kier molecular flexibility index (Phi) is 5.08. The van der Waals surface area contributed by atoms with Crippen molar-refractivity contribution < 1.29 is 9.47 Å². The molecule has 0 bridgehead atoms. The van der Waals surface area contributed by atoms with E-state index < -0.39 is 0 Å². The smallest absolute Gasteiger partial charge is 0.162 e. The number of fused-ring (bicyclic) bond motifs is 2. The van der Waals surface area contributed by atoms with E-state index in [9.17, 15) is 0 Å².